The van der Waals surface area contributed by atoms with Crippen LogP contribution in [0.25, 0.3) is 11.3 Å². The largest absolute Gasteiger partial charge is 0.505 e. The Hall–Kier alpha value is -1.90. The van der Waals surface area contributed by atoms with Crippen molar-refractivity contribution in [2.45, 2.75) is 6.92 Å². The van der Waals surface area contributed by atoms with Crippen molar-refractivity contribution in [2.24, 2.45) is 0 Å². The van der Waals surface area contributed by atoms with E-state index in [4.69, 9.17) is 0 Å². The summed E-state index contributed by atoms with van der Waals surface area (Å²) < 4.78 is 13.2. The molecule has 1 aromatic heterocycles. The van der Waals surface area contributed by atoms with Gasteiger partial charge in [-0.1, -0.05) is 6.07 Å². The van der Waals surface area contributed by atoms with Crippen molar-refractivity contribution >= 4 is 0 Å². The minimum Gasteiger partial charge on any atom is -0.505 e. The fourth-order valence-electron chi connectivity index (χ4n) is 1.46. The second-order valence-corrected chi connectivity index (χ2v) is 3.33. The van der Waals surface area contributed by atoms with Crippen LogP contribution in [-0.4, -0.2) is 10.1 Å². The van der Waals surface area contributed by atoms with E-state index in [2.05, 4.69) is 4.98 Å². The lowest BCUT2D eigenvalue weighted by atomic mass is 10.0. The number of aryl methyl sites for hydroxylation is 1. The molecule has 76 valence electrons. The average Bonchev–Trinajstić information content (AvgIpc) is 2.25. The standard InChI is InChI=1S/C12H10FNO/c1-8-6-12(15)10(13)7-9(8)11-4-2-3-5-14-11/h2-7,15H,1H3. The number of halogens is 1. The molecule has 0 spiro atoms. The summed E-state index contributed by atoms with van der Waals surface area (Å²) in [6.07, 6.45) is 1.65. The van der Waals surface area contributed by atoms with Crippen LogP contribution in [0, 0.1) is 12.7 Å². The van der Waals surface area contributed by atoms with Gasteiger partial charge < -0.3 is 5.11 Å². The van der Waals surface area contributed by atoms with Crippen LogP contribution in [-0.2, 0) is 0 Å². The van der Waals surface area contributed by atoms with Gasteiger partial charge in [0.1, 0.15) is 0 Å². The summed E-state index contributed by atoms with van der Waals surface area (Å²) in [5.74, 6) is -0.951. The van der Waals surface area contributed by atoms with Crippen molar-refractivity contribution in [3.8, 4) is 17.0 Å². The Bertz CT molecular complexity index is 482. The quantitative estimate of drug-likeness (QED) is 0.773. The van der Waals surface area contributed by atoms with E-state index in [0.717, 1.165) is 5.56 Å². The third-order valence-corrected chi connectivity index (χ3v) is 2.23. The highest BCUT2D eigenvalue weighted by Gasteiger charge is 2.08. The SMILES string of the molecule is Cc1cc(O)c(F)cc1-c1ccccn1. The maximum Gasteiger partial charge on any atom is 0.165 e. The smallest absolute Gasteiger partial charge is 0.165 e. The molecule has 1 aromatic carbocycles. The number of hydrogen-bond acceptors (Lipinski definition) is 2. The van der Waals surface area contributed by atoms with Gasteiger partial charge in [0.2, 0.25) is 0 Å². The zero-order valence-electron chi connectivity index (χ0n) is 8.24. The molecular formula is C12H10FNO. The summed E-state index contributed by atoms with van der Waals surface area (Å²) in [4.78, 5) is 4.13. The first-order valence-electron chi connectivity index (χ1n) is 4.59. The summed E-state index contributed by atoms with van der Waals surface area (Å²) >= 11 is 0. The van der Waals surface area contributed by atoms with Gasteiger partial charge in [-0.05, 0) is 36.8 Å². The molecule has 0 fully saturated rings. The van der Waals surface area contributed by atoms with E-state index in [9.17, 15) is 9.50 Å². The molecule has 0 atom stereocenters. The number of benzene rings is 1. The lowest BCUT2D eigenvalue weighted by Crippen LogP contribution is -1.88. The topological polar surface area (TPSA) is 33.1 Å². The van der Waals surface area contributed by atoms with Gasteiger partial charge in [0.05, 0.1) is 5.69 Å². The molecule has 1 heterocycles. The predicted octanol–water partition coefficient (Wildman–Crippen LogP) is 2.90. The van der Waals surface area contributed by atoms with Crippen molar-refractivity contribution in [3.63, 3.8) is 0 Å². The molecule has 2 aromatic rings. The van der Waals surface area contributed by atoms with Crippen LogP contribution in [0.3, 0.4) is 0 Å². The molecule has 0 saturated heterocycles. The van der Waals surface area contributed by atoms with Crippen LogP contribution < -0.4 is 0 Å². The van der Waals surface area contributed by atoms with E-state index in [1.165, 1.54) is 12.1 Å². The molecule has 0 bridgehead atoms. The first kappa shape index (κ1) is 9.65. The molecule has 0 aliphatic heterocycles. The molecule has 1 N–H and O–H groups in total. The van der Waals surface area contributed by atoms with Crippen LogP contribution in [0.15, 0.2) is 36.5 Å². The third-order valence-electron chi connectivity index (χ3n) is 2.23. The Labute approximate surface area is 87.0 Å². The number of phenols is 1. The Morgan fingerprint density at radius 3 is 2.73 bits per heavy atom. The van der Waals surface area contributed by atoms with Gasteiger partial charge in [0, 0.05) is 11.8 Å². The van der Waals surface area contributed by atoms with Crippen LogP contribution in [0.4, 0.5) is 4.39 Å². The monoisotopic (exact) mass is 203 g/mol. The molecule has 2 nitrogen and oxygen atoms in total. The fraction of sp³-hybridized carbons (Fsp3) is 0.0833. The number of aromatic nitrogens is 1. The van der Waals surface area contributed by atoms with Crippen molar-refractivity contribution in [1.82, 2.24) is 4.98 Å². The molecule has 0 aliphatic carbocycles. The van der Waals surface area contributed by atoms with Crippen molar-refractivity contribution in [2.75, 3.05) is 0 Å². The van der Waals surface area contributed by atoms with Gasteiger partial charge in [-0.25, -0.2) is 4.39 Å². The predicted molar refractivity (Wildman–Crippen MR) is 56.0 cm³/mol. The molecule has 0 aliphatic rings. The lowest BCUT2D eigenvalue weighted by molar-refractivity contribution is 0.432. The van der Waals surface area contributed by atoms with Gasteiger partial charge in [-0.3, -0.25) is 4.98 Å². The van der Waals surface area contributed by atoms with E-state index in [1.807, 2.05) is 13.0 Å². The number of nitrogens with zero attached hydrogens (tertiary/aromatic N) is 1. The van der Waals surface area contributed by atoms with Crippen molar-refractivity contribution in [3.05, 3.63) is 47.9 Å². The number of hydrogen-bond donors (Lipinski definition) is 1. The minimum atomic E-state index is -0.624. The Morgan fingerprint density at radius 1 is 1.27 bits per heavy atom. The molecule has 0 amide bonds. The van der Waals surface area contributed by atoms with E-state index in [1.54, 1.807) is 18.3 Å². The average molecular weight is 203 g/mol. The molecule has 0 unspecified atom stereocenters. The Morgan fingerprint density at radius 2 is 2.07 bits per heavy atom. The van der Waals surface area contributed by atoms with Crippen LogP contribution >= 0.6 is 0 Å². The lowest BCUT2D eigenvalue weighted by Gasteiger charge is -2.06. The van der Waals surface area contributed by atoms with Gasteiger partial charge >= 0.3 is 0 Å². The number of aromatic hydroxyl groups is 1. The van der Waals surface area contributed by atoms with Gasteiger partial charge in [-0.15, -0.1) is 0 Å². The highest BCUT2D eigenvalue weighted by Crippen LogP contribution is 2.27. The highest BCUT2D eigenvalue weighted by atomic mass is 19.1. The molecule has 15 heavy (non-hydrogen) atoms. The van der Waals surface area contributed by atoms with Crippen LogP contribution in [0.1, 0.15) is 5.56 Å². The molecule has 0 saturated carbocycles. The second-order valence-electron chi connectivity index (χ2n) is 3.33. The third kappa shape index (κ3) is 1.81. The fourth-order valence-corrected chi connectivity index (χ4v) is 1.46. The second kappa shape index (κ2) is 3.69. The summed E-state index contributed by atoms with van der Waals surface area (Å²) in [6.45, 7) is 1.81. The van der Waals surface area contributed by atoms with Crippen molar-refractivity contribution in [1.29, 1.82) is 0 Å². The summed E-state index contributed by atoms with van der Waals surface area (Å²) in [6, 6.07) is 8.15. The van der Waals surface area contributed by atoms with E-state index in [0.29, 0.717) is 11.3 Å². The number of pyridine rings is 1. The Kier molecular flexibility index (Phi) is 2.37. The molecular weight excluding hydrogens is 193 g/mol. The zero-order valence-corrected chi connectivity index (χ0v) is 8.24. The maximum atomic E-state index is 13.2. The normalized spacial score (nSPS) is 10.3. The molecule has 0 radical (unpaired) electrons. The van der Waals surface area contributed by atoms with Crippen molar-refractivity contribution < 1.29 is 9.50 Å². The van der Waals surface area contributed by atoms with Gasteiger partial charge in [0.15, 0.2) is 11.6 Å². The first-order chi connectivity index (χ1) is 7.18. The first-order valence-corrected chi connectivity index (χ1v) is 4.59. The van der Waals surface area contributed by atoms with Gasteiger partial charge in [-0.2, -0.15) is 0 Å². The number of rotatable bonds is 1. The van der Waals surface area contributed by atoms with E-state index < -0.39 is 5.82 Å². The maximum absolute atomic E-state index is 13.2. The highest BCUT2D eigenvalue weighted by molar-refractivity contribution is 5.64. The summed E-state index contributed by atoms with van der Waals surface area (Å²) in [7, 11) is 0. The zero-order chi connectivity index (χ0) is 10.8. The van der Waals surface area contributed by atoms with E-state index >= 15 is 0 Å². The van der Waals surface area contributed by atoms with Crippen LogP contribution in [0.2, 0.25) is 0 Å². The summed E-state index contributed by atoms with van der Waals surface area (Å²) in [5, 5.41) is 9.18. The Balaban J connectivity index is 2.59. The summed E-state index contributed by atoms with van der Waals surface area (Å²) in [5.41, 5.74) is 2.20. The minimum absolute atomic E-state index is 0.327. The molecule has 3 heteroatoms. The van der Waals surface area contributed by atoms with E-state index in [-0.39, 0.29) is 5.75 Å². The van der Waals surface area contributed by atoms with Gasteiger partial charge in [0.25, 0.3) is 0 Å². The van der Waals surface area contributed by atoms with Crippen LogP contribution in [0.5, 0.6) is 5.75 Å². The molecule has 2 rings (SSSR count). The number of phenolic OH excluding ortho intramolecular Hbond substituents is 1.